The summed E-state index contributed by atoms with van der Waals surface area (Å²) in [4.78, 5) is 24.3. The molecule has 0 spiro atoms. The van der Waals surface area contributed by atoms with Gasteiger partial charge in [0, 0.05) is 40.8 Å². The number of aromatic amines is 1. The van der Waals surface area contributed by atoms with Crippen molar-refractivity contribution in [2.45, 2.75) is 12.8 Å². The first kappa shape index (κ1) is 16.1. The van der Waals surface area contributed by atoms with E-state index in [1.807, 2.05) is 18.2 Å². The molecule has 0 aliphatic rings. The van der Waals surface area contributed by atoms with Gasteiger partial charge in [0.15, 0.2) is 5.78 Å². The molecule has 1 N–H and O–H groups in total. The van der Waals surface area contributed by atoms with E-state index in [-0.39, 0.29) is 11.6 Å². The van der Waals surface area contributed by atoms with Crippen molar-refractivity contribution < 1.29 is 9.18 Å². The number of nitrogens with zero attached hydrogens (tertiary/aromatic N) is 2. The number of aromatic nitrogens is 3. The van der Waals surface area contributed by atoms with Crippen molar-refractivity contribution in [2.24, 2.45) is 0 Å². The number of nitrogens with one attached hydrogen (secondary N) is 1. The molecule has 0 atom stereocenters. The van der Waals surface area contributed by atoms with Crippen LogP contribution in [0.4, 0.5) is 4.39 Å². The Morgan fingerprint density at radius 2 is 1.96 bits per heavy atom. The van der Waals surface area contributed by atoms with Crippen LogP contribution in [0.15, 0.2) is 67.1 Å². The fraction of sp³-hybridized carbons (Fsp3) is 0.0952. The molecule has 26 heavy (non-hydrogen) atoms. The summed E-state index contributed by atoms with van der Waals surface area (Å²) < 4.78 is 13.2. The highest BCUT2D eigenvalue weighted by atomic mass is 19.1. The highest BCUT2D eigenvalue weighted by Gasteiger charge is 2.14. The van der Waals surface area contributed by atoms with E-state index in [1.165, 1.54) is 12.1 Å². The van der Waals surface area contributed by atoms with Crippen molar-refractivity contribution >= 4 is 16.8 Å². The molecule has 0 amide bonds. The predicted octanol–water partition coefficient (Wildman–Crippen LogP) is 4.11. The van der Waals surface area contributed by atoms with Crippen LogP contribution in [0.2, 0.25) is 0 Å². The van der Waals surface area contributed by atoms with Gasteiger partial charge in [0.1, 0.15) is 11.5 Å². The molecule has 4 nitrogen and oxygen atoms in total. The standard InChI is InChI=1S/C21H16FN3O/c22-16-4-1-3-14(11-16)6-8-17-9-7-15(12-24-17)20(26)19-13-25-21-18(19)5-2-10-23-21/h1-5,7,9-13H,6,8H2,(H,23,25). The Morgan fingerprint density at radius 1 is 1.04 bits per heavy atom. The third-order valence-electron chi connectivity index (χ3n) is 4.34. The summed E-state index contributed by atoms with van der Waals surface area (Å²) in [6.07, 6.45) is 6.35. The van der Waals surface area contributed by atoms with Crippen LogP contribution in [0.1, 0.15) is 27.2 Å². The largest absolute Gasteiger partial charge is 0.345 e. The molecule has 0 aliphatic carbocycles. The smallest absolute Gasteiger partial charge is 0.196 e. The molecule has 0 aliphatic heterocycles. The molecule has 4 rings (SSSR count). The van der Waals surface area contributed by atoms with E-state index < -0.39 is 0 Å². The van der Waals surface area contributed by atoms with Crippen molar-refractivity contribution in [3.63, 3.8) is 0 Å². The van der Waals surface area contributed by atoms with E-state index in [0.717, 1.165) is 16.6 Å². The minimum Gasteiger partial charge on any atom is -0.345 e. The zero-order valence-electron chi connectivity index (χ0n) is 13.9. The molecule has 3 aromatic heterocycles. The van der Waals surface area contributed by atoms with Crippen LogP contribution in [0.25, 0.3) is 11.0 Å². The molecule has 0 fully saturated rings. The SMILES string of the molecule is O=C(c1ccc(CCc2cccc(F)c2)nc1)c1c[nH]c2ncccc12. The normalized spacial score (nSPS) is 11.0. The van der Waals surface area contributed by atoms with Gasteiger partial charge in [-0.25, -0.2) is 9.37 Å². The van der Waals surface area contributed by atoms with Gasteiger partial charge in [0.25, 0.3) is 0 Å². The second kappa shape index (κ2) is 6.88. The minimum atomic E-state index is -0.232. The number of pyridine rings is 2. The number of halogens is 1. The molecular weight excluding hydrogens is 329 g/mol. The predicted molar refractivity (Wildman–Crippen MR) is 97.6 cm³/mol. The number of hydrogen-bond acceptors (Lipinski definition) is 3. The van der Waals surface area contributed by atoms with E-state index >= 15 is 0 Å². The van der Waals surface area contributed by atoms with Crippen LogP contribution in [0, 0.1) is 5.82 Å². The van der Waals surface area contributed by atoms with Crippen molar-refractivity contribution in [3.8, 4) is 0 Å². The zero-order valence-corrected chi connectivity index (χ0v) is 13.9. The van der Waals surface area contributed by atoms with E-state index in [0.29, 0.717) is 29.6 Å². The van der Waals surface area contributed by atoms with E-state index in [9.17, 15) is 9.18 Å². The zero-order chi connectivity index (χ0) is 17.9. The van der Waals surface area contributed by atoms with E-state index in [1.54, 1.807) is 36.8 Å². The van der Waals surface area contributed by atoms with Gasteiger partial charge in [-0.05, 0) is 54.8 Å². The molecule has 0 saturated heterocycles. The summed E-state index contributed by atoms with van der Waals surface area (Å²) in [5.41, 5.74) is 3.60. The van der Waals surface area contributed by atoms with Crippen LogP contribution < -0.4 is 0 Å². The number of H-pyrrole nitrogens is 1. The lowest BCUT2D eigenvalue weighted by atomic mass is 10.0. The molecular formula is C21H16FN3O. The first-order valence-electron chi connectivity index (χ1n) is 8.37. The van der Waals surface area contributed by atoms with Crippen LogP contribution in [0.5, 0.6) is 0 Å². The first-order valence-corrected chi connectivity index (χ1v) is 8.37. The maximum absolute atomic E-state index is 13.2. The maximum atomic E-state index is 13.2. The molecule has 4 aromatic rings. The van der Waals surface area contributed by atoms with Gasteiger partial charge in [-0.1, -0.05) is 12.1 Å². The Hall–Kier alpha value is -3.34. The third kappa shape index (κ3) is 3.24. The van der Waals surface area contributed by atoms with Crippen molar-refractivity contribution in [3.05, 3.63) is 95.3 Å². The second-order valence-electron chi connectivity index (χ2n) is 6.10. The molecule has 0 saturated carbocycles. The lowest BCUT2D eigenvalue weighted by Gasteiger charge is -2.04. The number of rotatable bonds is 5. The van der Waals surface area contributed by atoms with Gasteiger partial charge in [-0.2, -0.15) is 0 Å². The van der Waals surface area contributed by atoms with Gasteiger partial charge >= 0.3 is 0 Å². The molecule has 3 heterocycles. The third-order valence-corrected chi connectivity index (χ3v) is 4.34. The molecule has 128 valence electrons. The minimum absolute atomic E-state index is 0.0894. The average Bonchev–Trinajstić information content (AvgIpc) is 3.10. The van der Waals surface area contributed by atoms with Gasteiger partial charge in [0.05, 0.1) is 0 Å². The fourth-order valence-corrected chi connectivity index (χ4v) is 2.97. The summed E-state index contributed by atoms with van der Waals surface area (Å²) in [6.45, 7) is 0. The van der Waals surface area contributed by atoms with Crippen LogP contribution in [0.3, 0.4) is 0 Å². The molecule has 5 heteroatoms. The highest BCUT2D eigenvalue weighted by Crippen LogP contribution is 2.19. The maximum Gasteiger partial charge on any atom is 0.196 e. The number of carbonyl (C=O) groups excluding carboxylic acids is 1. The quantitative estimate of drug-likeness (QED) is 0.554. The summed E-state index contributed by atoms with van der Waals surface area (Å²) in [5.74, 6) is -0.321. The van der Waals surface area contributed by atoms with Crippen molar-refractivity contribution in [1.29, 1.82) is 0 Å². The monoisotopic (exact) mass is 345 g/mol. The molecule has 0 bridgehead atoms. The summed E-state index contributed by atoms with van der Waals surface area (Å²) in [6, 6.07) is 13.9. The Balaban J connectivity index is 1.49. The first-order chi connectivity index (χ1) is 12.7. The van der Waals surface area contributed by atoms with E-state index in [2.05, 4.69) is 15.0 Å². The lowest BCUT2D eigenvalue weighted by molar-refractivity contribution is 0.104. The Morgan fingerprint density at radius 3 is 2.77 bits per heavy atom. The van der Waals surface area contributed by atoms with Gasteiger partial charge in [-0.3, -0.25) is 9.78 Å². The highest BCUT2D eigenvalue weighted by molar-refractivity contribution is 6.15. The summed E-state index contributed by atoms with van der Waals surface area (Å²) >= 11 is 0. The second-order valence-corrected chi connectivity index (χ2v) is 6.10. The number of ketones is 1. The molecule has 0 radical (unpaired) electrons. The lowest BCUT2D eigenvalue weighted by Crippen LogP contribution is -2.03. The number of benzene rings is 1. The van der Waals surface area contributed by atoms with Gasteiger partial charge < -0.3 is 4.98 Å². The molecule has 1 aromatic carbocycles. The number of carbonyl (C=O) groups is 1. The Kier molecular flexibility index (Phi) is 4.27. The number of aryl methyl sites for hydroxylation is 2. The van der Waals surface area contributed by atoms with Gasteiger partial charge in [0.2, 0.25) is 0 Å². The van der Waals surface area contributed by atoms with Crippen molar-refractivity contribution in [1.82, 2.24) is 15.0 Å². The average molecular weight is 345 g/mol. The van der Waals surface area contributed by atoms with E-state index in [4.69, 9.17) is 0 Å². The molecule has 0 unspecified atom stereocenters. The topological polar surface area (TPSA) is 58.6 Å². The number of fused-ring (bicyclic) bond motifs is 1. The van der Waals surface area contributed by atoms with Crippen LogP contribution in [-0.2, 0) is 12.8 Å². The van der Waals surface area contributed by atoms with Crippen molar-refractivity contribution in [2.75, 3.05) is 0 Å². The Labute approximate surface area is 149 Å². The van der Waals surface area contributed by atoms with Crippen LogP contribution in [-0.4, -0.2) is 20.7 Å². The number of hydrogen-bond donors (Lipinski definition) is 1. The summed E-state index contributed by atoms with van der Waals surface area (Å²) in [7, 11) is 0. The van der Waals surface area contributed by atoms with Crippen LogP contribution >= 0.6 is 0 Å². The fourth-order valence-electron chi connectivity index (χ4n) is 2.97. The summed E-state index contributed by atoms with van der Waals surface area (Å²) in [5, 5.41) is 0.799. The van der Waals surface area contributed by atoms with Gasteiger partial charge in [-0.15, -0.1) is 0 Å². The Bertz CT molecular complexity index is 1070.